The maximum atomic E-state index is 5.33. The first kappa shape index (κ1) is 18.3. The van der Waals surface area contributed by atoms with E-state index in [1.807, 2.05) is 36.7 Å². The van der Waals surface area contributed by atoms with Crippen LogP contribution in [0.25, 0.3) is 0 Å². The van der Waals surface area contributed by atoms with Crippen molar-refractivity contribution in [2.24, 2.45) is 0 Å². The summed E-state index contributed by atoms with van der Waals surface area (Å²) in [5, 5.41) is 0. The zero-order chi connectivity index (χ0) is 15.1. The summed E-state index contributed by atoms with van der Waals surface area (Å²) in [6.45, 7) is 1.91. The second-order valence-corrected chi connectivity index (χ2v) is 5.03. The Balaban J connectivity index is 0.00000242. The molecule has 0 aliphatic rings. The zero-order valence-electron chi connectivity index (χ0n) is 13.3. The first-order chi connectivity index (χ1) is 10.2. The molecule has 1 aromatic heterocycles. The highest BCUT2D eigenvalue weighted by atomic mass is 35.5. The van der Waals surface area contributed by atoms with E-state index >= 15 is 0 Å². The highest BCUT2D eigenvalue weighted by molar-refractivity contribution is 5.85. The first-order valence-corrected chi connectivity index (χ1v) is 7.01. The standard InChI is InChI=1S/C17H22N2O2.ClH/c1-19(13-15-6-9-18-10-7-15)11-8-14-4-5-16(20-2)17(12-14)21-3;/h4-7,9-10,12H,8,11,13H2,1-3H3;1H. The summed E-state index contributed by atoms with van der Waals surface area (Å²) in [6.07, 6.45) is 4.64. The van der Waals surface area contributed by atoms with Crippen LogP contribution < -0.4 is 9.47 Å². The molecule has 0 amide bonds. The van der Waals surface area contributed by atoms with Crippen LogP contribution in [0, 0.1) is 0 Å². The lowest BCUT2D eigenvalue weighted by Gasteiger charge is -2.17. The molecule has 0 aliphatic carbocycles. The van der Waals surface area contributed by atoms with Crippen LogP contribution in [0.3, 0.4) is 0 Å². The number of aromatic nitrogens is 1. The molecule has 0 radical (unpaired) electrons. The Morgan fingerprint density at radius 3 is 2.27 bits per heavy atom. The van der Waals surface area contributed by atoms with Gasteiger partial charge in [-0.1, -0.05) is 6.07 Å². The number of methoxy groups -OCH3 is 2. The lowest BCUT2D eigenvalue weighted by atomic mass is 10.1. The number of hydrogen-bond donors (Lipinski definition) is 0. The van der Waals surface area contributed by atoms with E-state index in [0.29, 0.717) is 0 Å². The van der Waals surface area contributed by atoms with E-state index in [9.17, 15) is 0 Å². The van der Waals surface area contributed by atoms with Crippen LogP contribution in [0.2, 0.25) is 0 Å². The van der Waals surface area contributed by atoms with Gasteiger partial charge >= 0.3 is 0 Å². The summed E-state index contributed by atoms with van der Waals surface area (Å²) >= 11 is 0. The largest absolute Gasteiger partial charge is 0.493 e. The molecule has 1 aromatic carbocycles. The minimum Gasteiger partial charge on any atom is -0.493 e. The van der Waals surface area contributed by atoms with Gasteiger partial charge in [0.2, 0.25) is 0 Å². The van der Waals surface area contributed by atoms with Crippen molar-refractivity contribution in [2.45, 2.75) is 13.0 Å². The van der Waals surface area contributed by atoms with Crippen molar-refractivity contribution < 1.29 is 9.47 Å². The topological polar surface area (TPSA) is 34.6 Å². The molecule has 0 fully saturated rings. The molecule has 0 spiro atoms. The molecule has 0 saturated heterocycles. The molecule has 2 aromatic rings. The monoisotopic (exact) mass is 322 g/mol. The molecule has 0 unspecified atom stereocenters. The second kappa shape index (κ2) is 9.28. The maximum absolute atomic E-state index is 5.33. The van der Waals surface area contributed by atoms with E-state index in [-0.39, 0.29) is 12.4 Å². The average Bonchev–Trinajstić information content (AvgIpc) is 2.53. The molecule has 0 atom stereocenters. The molecule has 0 bridgehead atoms. The Bertz CT molecular complexity index is 564. The summed E-state index contributed by atoms with van der Waals surface area (Å²) in [5.41, 5.74) is 2.52. The van der Waals surface area contributed by atoms with Crippen molar-refractivity contribution in [1.29, 1.82) is 0 Å². The number of hydrogen-bond acceptors (Lipinski definition) is 4. The van der Waals surface area contributed by atoms with Gasteiger partial charge in [-0.05, 0) is 48.9 Å². The third-order valence-electron chi connectivity index (χ3n) is 3.43. The SMILES string of the molecule is COc1ccc(CCN(C)Cc2ccncc2)cc1OC.Cl. The van der Waals surface area contributed by atoms with E-state index in [0.717, 1.165) is 31.0 Å². The molecule has 0 aliphatic heterocycles. The predicted molar refractivity (Wildman–Crippen MR) is 91.1 cm³/mol. The van der Waals surface area contributed by atoms with E-state index in [1.54, 1.807) is 14.2 Å². The molecule has 4 nitrogen and oxygen atoms in total. The van der Waals surface area contributed by atoms with E-state index in [2.05, 4.69) is 23.0 Å². The number of rotatable bonds is 7. The van der Waals surface area contributed by atoms with Gasteiger partial charge in [0.05, 0.1) is 14.2 Å². The molecular formula is C17H23ClN2O2. The fourth-order valence-corrected chi connectivity index (χ4v) is 2.24. The lowest BCUT2D eigenvalue weighted by molar-refractivity contribution is 0.330. The van der Waals surface area contributed by atoms with E-state index in [4.69, 9.17) is 9.47 Å². The Labute approximate surface area is 138 Å². The van der Waals surface area contributed by atoms with Crippen LogP contribution >= 0.6 is 12.4 Å². The van der Waals surface area contributed by atoms with Crippen molar-refractivity contribution in [1.82, 2.24) is 9.88 Å². The van der Waals surface area contributed by atoms with Crippen LogP contribution in [0.1, 0.15) is 11.1 Å². The fourth-order valence-electron chi connectivity index (χ4n) is 2.24. The van der Waals surface area contributed by atoms with E-state index < -0.39 is 0 Å². The van der Waals surface area contributed by atoms with Crippen LogP contribution in [0.5, 0.6) is 11.5 Å². The normalized spacial score (nSPS) is 10.2. The third-order valence-corrected chi connectivity index (χ3v) is 3.43. The highest BCUT2D eigenvalue weighted by Gasteiger charge is 2.06. The third kappa shape index (κ3) is 5.20. The summed E-state index contributed by atoms with van der Waals surface area (Å²) < 4.78 is 10.6. The molecule has 2 rings (SSSR count). The van der Waals surface area contributed by atoms with Crippen molar-refractivity contribution in [2.75, 3.05) is 27.8 Å². The minimum absolute atomic E-state index is 0. The van der Waals surface area contributed by atoms with E-state index in [1.165, 1.54) is 11.1 Å². The Morgan fingerprint density at radius 1 is 0.955 bits per heavy atom. The van der Waals surface area contributed by atoms with Crippen LogP contribution in [0.15, 0.2) is 42.7 Å². The summed E-state index contributed by atoms with van der Waals surface area (Å²) in [4.78, 5) is 6.34. The van der Waals surface area contributed by atoms with Gasteiger partial charge in [-0.15, -0.1) is 12.4 Å². The number of nitrogens with zero attached hydrogens (tertiary/aromatic N) is 2. The highest BCUT2D eigenvalue weighted by Crippen LogP contribution is 2.27. The van der Waals surface area contributed by atoms with Crippen molar-refractivity contribution >= 4 is 12.4 Å². The van der Waals surface area contributed by atoms with Gasteiger partial charge in [-0.3, -0.25) is 4.98 Å². The Kier molecular flexibility index (Phi) is 7.71. The molecule has 22 heavy (non-hydrogen) atoms. The lowest BCUT2D eigenvalue weighted by Crippen LogP contribution is -2.20. The van der Waals surface area contributed by atoms with Gasteiger partial charge in [0.1, 0.15) is 0 Å². The quantitative estimate of drug-likeness (QED) is 0.784. The number of benzene rings is 1. The molecule has 120 valence electrons. The van der Waals surface area contributed by atoms with Crippen LogP contribution in [-0.2, 0) is 13.0 Å². The number of ether oxygens (including phenoxy) is 2. The Hall–Kier alpha value is -1.78. The smallest absolute Gasteiger partial charge is 0.160 e. The minimum atomic E-state index is 0. The van der Waals surface area contributed by atoms with Gasteiger partial charge < -0.3 is 14.4 Å². The van der Waals surface area contributed by atoms with Crippen molar-refractivity contribution in [3.8, 4) is 11.5 Å². The number of likely N-dealkylation sites (N-methyl/N-ethyl adjacent to an activating group) is 1. The molecule has 5 heteroatoms. The van der Waals surface area contributed by atoms with Gasteiger partial charge in [0.15, 0.2) is 11.5 Å². The fraction of sp³-hybridized carbons (Fsp3) is 0.353. The number of pyridine rings is 1. The predicted octanol–water partition coefficient (Wildman–Crippen LogP) is 3.20. The second-order valence-electron chi connectivity index (χ2n) is 5.03. The average molecular weight is 323 g/mol. The maximum Gasteiger partial charge on any atom is 0.160 e. The molecule has 1 heterocycles. The Morgan fingerprint density at radius 2 is 1.64 bits per heavy atom. The van der Waals surface area contributed by atoms with Crippen molar-refractivity contribution in [3.05, 3.63) is 53.9 Å². The summed E-state index contributed by atoms with van der Waals surface area (Å²) in [7, 11) is 5.44. The molecular weight excluding hydrogens is 300 g/mol. The summed E-state index contributed by atoms with van der Waals surface area (Å²) in [6, 6.07) is 10.2. The first-order valence-electron chi connectivity index (χ1n) is 7.01. The van der Waals surface area contributed by atoms with Crippen molar-refractivity contribution in [3.63, 3.8) is 0 Å². The zero-order valence-corrected chi connectivity index (χ0v) is 14.1. The number of halogens is 1. The molecule has 0 saturated carbocycles. The summed E-state index contributed by atoms with van der Waals surface area (Å²) in [5.74, 6) is 1.55. The van der Waals surface area contributed by atoms with Gasteiger partial charge in [0.25, 0.3) is 0 Å². The molecule has 0 N–H and O–H groups in total. The van der Waals surface area contributed by atoms with Crippen LogP contribution in [0.4, 0.5) is 0 Å². The van der Waals surface area contributed by atoms with Gasteiger partial charge in [0, 0.05) is 25.5 Å². The van der Waals surface area contributed by atoms with Gasteiger partial charge in [-0.2, -0.15) is 0 Å². The van der Waals surface area contributed by atoms with Gasteiger partial charge in [-0.25, -0.2) is 0 Å². The van der Waals surface area contributed by atoms with Crippen LogP contribution in [-0.4, -0.2) is 37.7 Å².